The van der Waals surface area contributed by atoms with E-state index in [4.69, 9.17) is 16.7 Å². The summed E-state index contributed by atoms with van der Waals surface area (Å²) in [7, 11) is 0. The molecule has 0 unspecified atom stereocenters. The van der Waals surface area contributed by atoms with Crippen LogP contribution in [-0.4, -0.2) is 77.7 Å². The Labute approximate surface area is 148 Å². The molecule has 0 atom stereocenters. The van der Waals surface area contributed by atoms with Gasteiger partial charge in [0.15, 0.2) is 5.69 Å². The summed E-state index contributed by atoms with van der Waals surface area (Å²) >= 11 is 5.90. The molecular formula is C17H25ClN4O2. The zero-order chi connectivity index (χ0) is 17.1. The molecule has 132 valence electrons. The van der Waals surface area contributed by atoms with Crippen molar-refractivity contribution in [2.24, 2.45) is 0 Å². The number of anilines is 1. The fraction of sp³-hybridized carbons (Fsp3) is 0.647. The Morgan fingerprint density at radius 1 is 1.21 bits per heavy atom. The summed E-state index contributed by atoms with van der Waals surface area (Å²) < 4.78 is 0. The summed E-state index contributed by atoms with van der Waals surface area (Å²) in [4.78, 5) is 22.7. The highest BCUT2D eigenvalue weighted by atomic mass is 35.5. The smallest absolute Gasteiger partial charge is 0.356 e. The lowest BCUT2D eigenvalue weighted by atomic mass is 10.0. The Bertz CT molecular complexity index is 582. The molecule has 0 spiro atoms. The van der Waals surface area contributed by atoms with Crippen molar-refractivity contribution in [3.05, 3.63) is 22.8 Å². The summed E-state index contributed by atoms with van der Waals surface area (Å²) in [5.41, 5.74) is -0.0662. The van der Waals surface area contributed by atoms with Gasteiger partial charge in [-0.15, -0.1) is 0 Å². The second kappa shape index (κ2) is 7.68. The van der Waals surface area contributed by atoms with Crippen LogP contribution in [0.2, 0.25) is 5.02 Å². The minimum atomic E-state index is -1.08. The van der Waals surface area contributed by atoms with E-state index in [9.17, 15) is 4.79 Å². The van der Waals surface area contributed by atoms with E-state index in [-0.39, 0.29) is 10.7 Å². The van der Waals surface area contributed by atoms with Crippen molar-refractivity contribution in [3.63, 3.8) is 0 Å². The van der Waals surface area contributed by atoms with Gasteiger partial charge in [-0.3, -0.25) is 4.90 Å². The van der Waals surface area contributed by atoms with Crippen molar-refractivity contribution in [2.75, 3.05) is 50.7 Å². The molecule has 3 rings (SSSR count). The van der Waals surface area contributed by atoms with Crippen LogP contribution >= 0.6 is 11.6 Å². The van der Waals surface area contributed by atoms with Crippen LogP contribution in [0.25, 0.3) is 0 Å². The van der Waals surface area contributed by atoms with Crippen LogP contribution in [0.4, 0.5) is 5.82 Å². The van der Waals surface area contributed by atoms with Gasteiger partial charge in [0, 0.05) is 32.2 Å². The number of aromatic carboxylic acids is 1. The predicted molar refractivity (Wildman–Crippen MR) is 95.1 cm³/mol. The Kier molecular flexibility index (Phi) is 5.58. The maximum Gasteiger partial charge on any atom is 0.356 e. The second-order valence-electron chi connectivity index (χ2n) is 6.49. The van der Waals surface area contributed by atoms with Crippen LogP contribution in [0.5, 0.6) is 0 Å². The van der Waals surface area contributed by atoms with Gasteiger partial charge in [0.05, 0.1) is 5.02 Å². The molecule has 0 aliphatic carbocycles. The lowest BCUT2D eigenvalue weighted by Crippen LogP contribution is -2.53. The van der Waals surface area contributed by atoms with Gasteiger partial charge in [-0.25, -0.2) is 9.78 Å². The minimum absolute atomic E-state index is 0.0662. The molecule has 1 aromatic rings. The number of hydrogen-bond donors (Lipinski definition) is 1. The molecule has 0 aromatic carbocycles. The van der Waals surface area contributed by atoms with Crippen LogP contribution in [0.3, 0.4) is 0 Å². The van der Waals surface area contributed by atoms with Crippen molar-refractivity contribution in [2.45, 2.75) is 25.8 Å². The van der Waals surface area contributed by atoms with Gasteiger partial charge in [0.1, 0.15) is 5.82 Å². The van der Waals surface area contributed by atoms with Gasteiger partial charge >= 0.3 is 5.97 Å². The van der Waals surface area contributed by atoms with E-state index in [1.54, 1.807) is 6.07 Å². The number of piperidine rings is 1. The fourth-order valence-electron chi connectivity index (χ4n) is 3.67. The SMILES string of the molecule is CCN1CCC(N2CCN(c3ccc(Cl)c(C(=O)O)n3)CC2)CC1. The van der Waals surface area contributed by atoms with Crippen molar-refractivity contribution in [1.82, 2.24) is 14.8 Å². The number of aromatic nitrogens is 1. The van der Waals surface area contributed by atoms with Gasteiger partial charge in [0.2, 0.25) is 0 Å². The Balaban J connectivity index is 1.57. The molecule has 1 N–H and O–H groups in total. The van der Waals surface area contributed by atoms with Gasteiger partial charge in [-0.2, -0.15) is 0 Å². The molecular weight excluding hydrogens is 328 g/mol. The van der Waals surface area contributed by atoms with Crippen molar-refractivity contribution < 1.29 is 9.90 Å². The van der Waals surface area contributed by atoms with E-state index >= 15 is 0 Å². The van der Waals surface area contributed by atoms with E-state index in [2.05, 4.69) is 26.6 Å². The number of carboxylic acid groups (broad SMARTS) is 1. The number of carbonyl (C=O) groups is 1. The predicted octanol–water partition coefficient (Wildman–Crippen LogP) is 2.04. The number of nitrogens with zero attached hydrogens (tertiary/aromatic N) is 4. The summed E-state index contributed by atoms with van der Waals surface area (Å²) in [6.45, 7) is 9.53. The largest absolute Gasteiger partial charge is 0.476 e. The quantitative estimate of drug-likeness (QED) is 0.894. The average Bonchev–Trinajstić information content (AvgIpc) is 2.62. The van der Waals surface area contributed by atoms with Gasteiger partial charge in [-0.05, 0) is 44.6 Å². The third kappa shape index (κ3) is 3.82. The summed E-state index contributed by atoms with van der Waals surface area (Å²) in [6.07, 6.45) is 2.49. The van der Waals surface area contributed by atoms with E-state index in [1.807, 2.05) is 6.07 Å². The fourth-order valence-corrected chi connectivity index (χ4v) is 3.86. The molecule has 1 aromatic heterocycles. The second-order valence-corrected chi connectivity index (χ2v) is 6.90. The normalized spacial score (nSPS) is 21.2. The number of pyridine rings is 1. The Hall–Kier alpha value is -1.37. The van der Waals surface area contributed by atoms with Crippen LogP contribution in [-0.2, 0) is 0 Å². The van der Waals surface area contributed by atoms with Crippen molar-refractivity contribution in [3.8, 4) is 0 Å². The zero-order valence-corrected chi connectivity index (χ0v) is 14.9. The van der Waals surface area contributed by atoms with Crippen LogP contribution in [0, 0.1) is 0 Å². The van der Waals surface area contributed by atoms with E-state index in [0.717, 1.165) is 32.7 Å². The Morgan fingerprint density at radius 3 is 2.46 bits per heavy atom. The number of piperazine rings is 1. The molecule has 7 heteroatoms. The van der Waals surface area contributed by atoms with Crippen LogP contribution in [0.15, 0.2) is 12.1 Å². The first-order valence-electron chi connectivity index (χ1n) is 8.69. The third-order valence-corrected chi connectivity index (χ3v) is 5.50. The molecule has 6 nitrogen and oxygen atoms in total. The number of hydrogen-bond acceptors (Lipinski definition) is 5. The summed E-state index contributed by atoms with van der Waals surface area (Å²) in [5.74, 6) is -0.375. The van der Waals surface area contributed by atoms with Crippen LogP contribution in [0.1, 0.15) is 30.3 Å². The topological polar surface area (TPSA) is 59.9 Å². The maximum atomic E-state index is 11.2. The highest BCUT2D eigenvalue weighted by Crippen LogP contribution is 2.23. The lowest BCUT2D eigenvalue weighted by molar-refractivity contribution is 0.0690. The molecule has 2 aliphatic heterocycles. The average molecular weight is 353 g/mol. The first-order valence-corrected chi connectivity index (χ1v) is 9.07. The number of carboxylic acids is 1. The van der Waals surface area contributed by atoms with Gasteiger partial charge in [-0.1, -0.05) is 18.5 Å². The van der Waals surface area contributed by atoms with Gasteiger partial charge < -0.3 is 14.9 Å². The zero-order valence-electron chi connectivity index (χ0n) is 14.1. The molecule has 0 bridgehead atoms. The lowest BCUT2D eigenvalue weighted by Gasteiger charge is -2.43. The van der Waals surface area contributed by atoms with Gasteiger partial charge in [0.25, 0.3) is 0 Å². The molecule has 2 aliphatic rings. The third-order valence-electron chi connectivity index (χ3n) is 5.19. The molecule has 3 heterocycles. The number of rotatable bonds is 4. The molecule has 2 saturated heterocycles. The maximum absolute atomic E-state index is 11.2. The molecule has 24 heavy (non-hydrogen) atoms. The Morgan fingerprint density at radius 2 is 1.88 bits per heavy atom. The first-order chi connectivity index (χ1) is 11.6. The molecule has 2 fully saturated rings. The van der Waals surface area contributed by atoms with Crippen molar-refractivity contribution in [1.29, 1.82) is 0 Å². The summed E-state index contributed by atoms with van der Waals surface area (Å²) in [5, 5.41) is 9.35. The van der Waals surface area contributed by atoms with E-state index < -0.39 is 5.97 Å². The first kappa shape index (κ1) is 17.5. The number of likely N-dealkylation sites (tertiary alicyclic amines) is 1. The van der Waals surface area contributed by atoms with Crippen molar-refractivity contribution >= 4 is 23.4 Å². The summed E-state index contributed by atoms with van der Waals surface area (Å²) in [6, 6.07) is 4.12. The van der Waals surface area contributed by atoms with Crippen LogP contribution < -0.4 is 4.90 Å². The number of halogens is 1. The highest BCUT2D eigenvalue weighted by molar-refractivity contribution is 6.33. The standard InChI is InChI=1S/C17H25ClN4O2/c1-2-20-7-5-13(6-8-20)21-9-11-22(12-10-21)15-4-3-14(18)16(19-15)17(23)24/h3-4,13H,2,5-12H2,1H3,(H,23,24). The molecule has 0 saturated carbocycles. The monoisotopic (exact) mass is 352 g/mol. The molecule has 0 radical (unpaired) electrons. The highest BCUT2D eigenvalue weighted by Gasteiger charge is 2.27. The van der Waals surface area contributed by atoms with E-state index in [1.165, 1.54) is 25.9 Å². The van der Waals surface area contributed by atoms with E-state index in [0.29, 0.717) is 11.9 Å². The minimum Gasteiger partial charge on any atom is -0.476 e. The molecule has 0 amide bonds.